The Labute approximate surface area is 106 Å². The van der Waals surface area contributed by atoms with Crippen molar-refractivity contribution in [3.63, 3.8) is 0 Å². The zero-order valence-corrected chi connectivity index (χ0v) is 11.9. The predicted octanol–water partition coefficient (Wildman–Crippen LogP) is 3.76. The van der Waals surface area contributed by atoms with Crippen LogP contribution < -0.4 is 5.32 Å². The van der Waals surface area contributed by atoms with Gasteiger partial charge in [0.25, 0.3) is 0 Å². The van der Waals surface area contributed by atoms with Gasteiger partial charge in [0.1, 0.15) is 17.0 Å². The quantitative estimate of drug-likeness (QED) is 0.900. The summed E-state index contributed by atoms with van der Waals surface area (Å²) in [5.41, 5.74) is 1.30. The smallest absolute Gasteiger partial charge is 0.138 e. The molecule has 0 saturated carbocycles. The van der Waals surface area contributed by atoms with E-state index in [2.05, 4.69) is 49.9 Å². The second-order valence-corrected chi connectivity index (χ2v) is 6.07. The van der Waals surface area contributed by atoms with Gasteiger partial charge in [0.05, 0.1) is 5.39 Å². The number of hydrogen-bond donors (Lipinski definition) is 1. The van der Waals surface area contributed by atoms with Crippen LogP contribution in [0.2, 0.25) is 0 Å². The number of anilines is 1. The predicted molar refractivity (Wildman–Crippen MR) is 74.8 cm³/mol. The van der Waals surface area contributed by atoms with Crippen molar-refractivity contribution >= 4 is 27.4 Å². The van der Waals surface area contributed by atoms with Gasteiger partial charge >= 0.3 is 0 Å². The molecule has 4 heteroatoms. The van der Waals surface area contributed by atoms with Crippen LogP contribution in [0.4, 0.5) is 5.82 Å². The number of hydrogen-bond acceptors (Lipinski definition) is 4. The minimum atomic E-state index is 0.410. The number of nitrogens with zero attached hydrogens (tertiary/aromatic N) is 2. The van der Waals surface area contributed by atoms with E-state index >= 15 is 0 Å². The average molecular weight is 249 g/mol. The number of nitrogens with one attached hydrogen (secondary N) is 1. The van der Waals surface area contributed by atoms with Gasteiger partial charge in [-0.1, -0.05) is 13.8 Å². The Morgan fingerprint density at radius 1 is 1.18 bits per heavy atom. The number of fused-ring (bicyclic) bond motifs is 1. The van der Waals surface area contributed by atoms with E-state index in [0.717, 1.165) is 10.6 Å². The largest absolute Gasteiger partial charge is 0.367 e. The summed E-state index contributed by atoms with van der Waals surface area (Å²) >= 11 is 1.74. The Hall–Kier alpha value is -1.16. The van der Waals surface area contributed by atoms with E-state index < -0.39 is 0 Å². The van der Waals surface area contributed by atoms with E-state index in [-0.39, 0.29) is 0 Å². The first-order valence-corrected chi connectivity index (χ1v) is 6.79. The molecule has 2 aromatic rings. The molecule has 0 aliphatic carbocycles. The van der Waals surface area contributed by atoms with Crippen molar-refractivity contribution < 1.29 is 0 Å². The molecule has 2 rings (SSSR count). The fraction of sp³-hybridized carbons (Fsp3) is 0.538. The summed E-state index contributed by atoms with van der Waals surface area (Å²) in [4.78, 5) is 11.1. The number of thiophene rings is 1. The van der Waals surface area contributed by atoms with Crippen LogP contribution in [0.25, 0.3) is 10.2 Å². The molecular weight excluding hydrogens is 230 g/mol. The van der Waals surface area contributed by atoms with Crippen LogP contribution in [0.15, 0.2) is 6.33 Å². The second-order valence-electron chi connectivity index (χ2n) is 4.86. The molecule has 2 aromatic heterocycles. The fourth-order valence-electron chi connectivity index (χ4n) is 1.67. The first kappa shape index (κ1) is 12.3. The Bertz CT molecular complexity index is 531. The molecule has 3 nitrogen and oxygen atoms in total. The summed E-state index contributed by atoms with van der Waals surface area (Å²) in [6.45, 7) is 10.9. The second kappa shape index (κ2) is 4.61. The van der Waals surface area contributed by atoms with E-state index in [1.54, 1.807) is 17.7 Å². The zero-order chi connectivity index (χ0) is 12.6. The van der Waals surface area contributed by atoms with Crippen molar-refractivity contribution in [2.75, 3.05) is 5.32 Å². The molecule has 17 heavy (non-hydrogen) atoms. The number of rotatable bonds is 3. The van der Waals surface area contributed by atoms with E-state index in [0.29, 0.717) is 12.0 Å². The van der Waals surface area contributed by atoms with Crippen LogP contribution in [-0.2, 0) is 0 Å². The zero-order valence-electron chi connectivity index (χ0n) is 11.0. The lowest BCUT2D eigenvalue weighted by molar-refractivity contribution is 0.559. The third-order valence-corrected chi connectivity index (χ3v) is 4.44. The molecule has 0 saturated heterocycles. The normalized spacial score (nSPS) is 13.3. The third kappa shape index (κ3) is 2.27. The van der Waals surface area contributed by atoms with Gasteiger partial charge in [0.2, 0.25) is 0 Å². The molecule has 0 aliphatic rings. The molecule has 1 unspecified atom stereocenters. The standard InChI is InChI=1S/C13H19N3S/c1-7(2)9(4)16-12-11-8(3)10(5)17-13(11)15-6-14-12/h6-7,9H,1-5H3,(H,14,15,16). The summed E-state index contributed by atoms with van der Waals surface area (Å²) < 4.78 is 0. The summed E-state index contributed by atoms with van der Waals surface area (Å²) in [5, 5.41) is 4.68. The van der Waals surface area contributed by atoms with Crippen LogP contribution in [-0.4, -0.2) is 16.0 Å². The van der Waals surface area contributed by atoms with E-state index in [1.807, 2.05) is 0 Å². The van der Waals surface area contributed by atoms with Crippen LogP contribution >= 0.6 is 11.3 Å². The van der Waals surface area contributed by atoms with Crippen molar-refractivity contribution in [2.45, 2.75) is 40.7 Å². The van der Waals surface area contributed by atoms with Crippen LogP contribution in [0.3, 0.4) is 0 Å². The molecule has 0 spiro atoms. The number of aromatic nitrogens is 2. The SMILES string of the molecule is Cc1sc2ncnc(NC(C)C(C)C)c2c1C. The monoisotopic (exact) mass is 249 g/mol. The van der Waals surface area contributed by atoms with Gasteiger partial charge in [0, 0.05) is 10.9 Å². The van der Waals surface area contributed by atoms with E-state index in [4.69, 9.17) is 0 Å². The van der Waals surface area contributed by atoms with Crippen LogP contribution in [0, 0.1) is 19.8 Å². The van der Waals surface area contributed by atoms with Gasteiger partial charge in [-0.3, -0.25) is 0 Å². The van der Waals surface area contributed by atoms with Gasteiger partial charge < -0.3 is 5.32 Å². The van der Waals surface area contributed by atoms with Crippen molar-refractivity contribution in [1.82, 2.24) is 9.97 Å². The average Bonchev–Trinajstić information content (AvgIpc) is 2.56. The summed E-state index contributed by atoms with van der Waals surface area (Å²) in [7, 11) is 0. The Kier molecular flexibility index (Phi) is 3.33. The van der Waals surface area contributed by atoms with E-state index in [1.165, 1.54) is 15.8 Å². The Balaban J connectivity index is 2.47. The van der Waals surface area contributed by atoms with E-state index in [9.17, 15) is 0 Å². The molecule has 2 heterocycles. The van der Waals surface area contributed by atoms with Crippen molar-refractivity contribution in [3.05, 3.63) is 16.8 Å². The van der Waals surface area contributed by atoms with Gasteiger partial charge in [-0.2, -0.15) is 0 Å². The van der Waals surface area contributed by atoms with Crippen molar-refractivity contribution in [1.29, 1.82) is 0 Å². The number of aryl methyl sites for hydroxylation is 2. The Morgan fingerprint density at radius 3 is 2.53 bits per heavy atom. The van der Waals surface area contributed by atoms with Crippen molar-refractivity contribution in [3.8, 4) is 0 Å². The Morgan fingerprint density at radius 2 is 1.88 bits per heavy atom. The van der Waals surface area contributed by atoms with Gasteiger partial charge in [-0.15, -0.1) is 11.3 Å². The highest BCUT2D eigenvalue weighted by Gasteiger charge is 2.14. The summed E-state index contributed by atoms with van der Waals surface area (Å²) in [6.07, 6.45) is 1.65. The molecule has 1 N–H and O–H groups in total. The molecular formula is C13H19N3S. The van der Waals surface area contributed by atoms with Crippen LogP contribution in [0.5, 0.6) is 0 Å². The lowest BCUT2D eigenvalue weighted by atomic mass is 10.1. The van der Waals surface area contributed by atoms with Gasteiger partial charge in [-0.25, -0.2) is 9.97 Å². The first-order chi connectivity index (χ1) is 8.00. The molecule has 1 atom stereocenters. The molecule has 92 valence electrons. The molecule has 0 aromatic carbocycles. The lowest BCUT2D eigenvalue weighted by Gasteiger charge is -2.18. The van der Waals surface area contributed by atoms with Gasteiger partial charge in [0.15, 0.2) is 0 Å². The maximum atomic E-state index is 4.39. The highest BCUT2D eigenvalue weighted by Crippen LogP contribution is 2.32. The summed E-state index contributed by atoms with van der Waals surface area (Å²) in [6, 6.07) is 0.410. The molecule has 0 aliphatic heterocycles. The molecule has 0 amide bonds. The highest BCUT2D eigenvalue weighted by molar-refractivity contribution is 7.18. The lowest BCUT2D eigenvalue weighted by Crippen LogP contribution is -2.22. The van der Waals surface area contributed by atoms with Gasteiger partial charge in [-0.05, 0) is 32.3 Å². The summed E-state index contributed by atoms with van der Waals surface area (Å²) in [5.74, 6) is 1.55. The third-order valence-electron chi connectivity index (χ3n) is 3.33. The first-order valence-electron chi connectivity index (χ1n) is 5.98. The maximum Gasteiger partial charge on any atom is 0.138 e. The van der Waals surface area contributed by atoms with Crippen molar-refractivity contribution in [2.24, 2.45) is 5.92 Å². The topological polar surface area (TPSA) is 37.8 Å². The fourth-order valence-corrected chi connectivity index (χ4v) is 2.67. The highest BCUT2D eigenvalue weighted by atomic mass is 32.1. The minimum Gasteiger partial charge on any atom is -0.367 e. The molecule has 0 bridgehead atoms. The molecule has 0 radical (unpaired) electrons. The molecule has 0 fully saturated rings. The maximum absolute atomic E-state index is 4.39. The minimum absolute atomic E-state index is 0.410. The van der Waals surface area contributed by atoms with Crippen LogP contribution in [0.1, 0.15) is 31.2 Å².